The minimum Gasteiger partial charge on any atom is -0.361 e. The molecule has 158 valence electrons. The van der Waals surface area contributed by atoms with Gasteiger partial charge >= 0.3 is 0 Å². The summed E-state index contributed by atoms with van der Waals surface area (Å²) in [4.78, 5) is 7.74. The summed E-state index contributed by atoms with van der Waals surface area (Å²) in [5, 5.41) is 5.17. The van der Waals surface area contributed by atoms with Gasteiger partial charge in [0.15, 0.2) is 5.82 Å². The molecule has 0 spiro atoms. The second-order valence-corrected chi connectivity index (χ2v) is 8.63. The normalized spacial score (nSPS) is 11.4. The molecule has 4 N–H and O–H groups in total. The van der Waals surface area contributed by atoms with Gasteiger partial charge in [0.1, 0.15) is 0 Å². The van der Waals surface area contributed by atoms with Crippen molar-refractivity contribution in [1.82, 2.24) is 15.1 Å². The van der Waals surface area contributed by atoms with Crippen LogP contribution in [-0.4, -0.2) is 36.3 Å². The fourth-order valence-corrected chi connectivity index (χ4v) is 3.77. The first kappa shape index (κ1) is 21.8. The van der Waals surface area contributed by atoms with Crippen LogP contribution in [0.15, 0.2) is 53.2 Å². The molecule has 2 heterocycles. The van der Waals surface area contributed by atoms with Crippen LogP contribution in [0.5, 0.6) is 0 Å². The zero-order chi connectivity index (χ0) is 20.4. The number of fused-ring (bicyclic) bond motifs is 1. The van der Waals surface area contributed by atoms with E-state index in [2.05, 4.69) is 19.8 Å². The van der Waals surface area contributed by atoms with Gasteiger partial charge in [0.05, 0.1) is 6.26 Å². The zero-order valence-electron chi connectivity index (χ0n) is 16.3. The van der Waals surface area contributed by atoms with Crippen molar-refractivity contribution in [2.24, 2.45) is 5.73 Å². The lowest BCUT2D eigenvalue weighted by Crippen LogP contribution is -2.09. The van der Waals surface area contributed by atoms with E-state index in [0.717, 1.165) is 40.3 Å². The number of hydrogen-bond acceptors (Lipinski definition) is 6. The number of aromatic nitrogens is 3. The molecule has 30 heavy (non-hydrogen) atoms. The van der Waals surface area contributed by atoms with Crippen LogP contribution in [0, 0.1) is 0 Å². The molecule has 10 heteroatoms. The van der Waals surface area contributed by atoms with Gasteiger partial charge in [0.2, 0.25) is 10.0 Å². The van der Waals surface area contributed by atoms with Crippen molar-refractivity contribution < 1.29 is 12.9 Å². The van der Waals surface area contributed by atoms with Crippen molar-refractivity contribution in [2.45, 2.75) is 12.8 Å². The quantitative estimate of drug-likeness (QED) is 0.399. The van der Waals surface area contributed by atoms with Gasteiger partial charge in [-0.05, 0) is 54.4 Å². The molecule has 0 aliphatic carbocycles. The van der Waals surface area contributed by atoms with Gasteiger partial charge < -0.3 is 15.2 Å². The van der Waals surface area contributed by atoms with Crippen molar-refractivity contribution in [3.8, 4) is 11.5 Å². The number of nitrogens with one attached hydrogen (secondary N) is 2. The molecule has 0 saturated heterocycles. The highest BCUT2D eigenvalue weighted by atomic mass is 35.5. The molecule has 4 rings (SSSR count). The first-order valence-corrected chi connectivity index (χ1v) is 11.0. The maximum Gasteiger partial charge on any atom is 0.257 e. The van der Waals surface area contributed by atoms with E-state index in [1.807, 2.05) is 36.5 Å². The van der Waals surface area contributed by atoms with Crippen molar-refractivity contribution in [2.75, 3.05) is 17.5 Å². The number of halogens is 1. The summed E-state index contributed by atoms with van der Waals surface area (Å²) in [5.74, 6) is 1.01. The topological polar surface area (TPSA) is 127 Å². The van der Waals surface area contributed by atoms with Gasteiger partial charge in [-0.2, -0.15) is 4.98 Å². The smallest absolute Gasteiger partial charge is 0.257 e. The molecule has 0 saturated carbocycles. The summed E-state index contributed by atoms with van der Waals surface area (Å²) < 4.78 is 30.5. The lowest BCUT2D eigenvalue weighted by molar-refractivity contribution is 0.424. The Bertz CT molecular complexity index is 1250. The Kier molecular flexibility index (Phi) is 6.45. The lowest BCUT2D eigenvalue weighted by atomic mass is 10.1. The molecule has 0 aliphatic heterocycles. The Labute approximate surface area is 180 Å². The molecule has 2 aromatic carbocycles. The van der Waals surface area contributed by atoms with E-state index in [0.29, 0.717) is 30.4 Å². The fourth-order valence-electron chi connectivity index (χ4n) is 3.20. The average Bonchev–Trinajstić information content (AvgIpc) is 3.29. The minimum atomic E-state index is -3.29. The Morgan fingerprint density at radius 1 is 1.17 bits per heavy atom. The third kappa shape index (κ3) is 4.99. The Hall–Kier alpha value is -2.88. The number of nitrogens with zero attached hydrogens (tertiary/aromatic N) is 2. The van der Waals surface area contributed by atoms with Gasteiger partial charge in [-0.3, -0.25) is 4.72 Å². The van der Waals surface area contributed by atoms with Crippen molar-refractivity contribution in [3.63, 3.8) is 0 Å². The molecule has 0 atom stereocenters. The molecule has 2 aromatic heterocycles. The summed E-state index contributed by atoms with van der Waals surface area (Å²) in [6, 6.07) is 13.0. The van der Waals surface area contributed by atoms with Gasteiger partial charge in [-0.1, -0.05) is 17.3 Å². The second kappa shape index (κ2) is 8.86. The van der Waals surface area contributed by atoms with E-state index in [4.69, 9.17) is 10.3 Å². The van der Waals surface area contributed by atoms with Crippen LogP contribution in [0.25, 0.3) is 22.4 Å². The van der Waals surface area contributed by atoms with E-state index in [1.54, 1.807) is 12.1 Å². The summed E-state index contributed by atoms with van der Waals surface area (Å²) in [6.45, 7) is 0.584. The Balaban J connectivity index is 0.00000256. The molecule has 0 bridgehead atoms. The first-order chi connectivity index (χ1) is 13.9. The van der Waals surface area contributed by atoms with E-state index < -0.39 is 10.0 Å². The number of anilines is 1. The average molecular weight is 448 g/mol. The SMILES string of the molecule is CS(=O)(=O)Nc1ccc(Cc2noc(-c3ccc4[nH]cc(CCN)c4c3)n2)cc1.Cl. The van der Waals surface area contributed by atoms with E-state index in [9.17, 15) is 8.42 Å². The van der Waals surface area contributed by atoms with Crippen LogP contribution in [0.3, 0.4) is 0 Å². The molecule has 0 fully saturated rings. The van der Waals surface area contributed by atoms with Crippen LogP contribution in [0.1, 0.15) is 17.0 Å². The van der Waals surface area contributed by atoms with E-state index >= 15 is 0 Å². The predicted molar refractivity (Wildman–Crippen MR) is 119 cm³/mol. The minimum absolute atomic E-state index is 0. The molecule has 0 radical (unpaired) electrons. The third-order valence-electron chi connectivity index (χ3n) is 4.52. The number of H-pyrrole nitrogens is 1. The fraction of sp³-hybridized carbons (Fsp3) is 0.200. The number of hydrogen-bond donors (Lipinski definition) is 3. The molecule has 4 aromatic rings. The second-order valence-electron chi connectivity index (χ2n) is 6.88. The highest BCUT2D eigenvalue weighted by Crippen LogP contribution is 2.26. The lowest BCUT2D eigenvalue weighted by Gasteiger charge is -2.04. The van der Waals surface area contributed by atoms with Crippen LogP contribution in [0.4, 0.5) is 5.69 Å². The summed E-state index contributed by atoms with van der Waals surface area (Å²) in [5.41, 5.74) is 10.2. The van der Waals surface area contributed by atoms with Crippen molar-refractivity contribution in [1.29, 1.82) is 0 Å². The number of benzene rings is 2. The Morgan fingerprint density at radius 3 is 2.63 bits per heavy atom. The van der Waals surface area contributed by atoms with Crippen molar-refractivity contribution in [3.05, 3.63) is 65.6 Å². The number of aromatic amines is 1. The standard InChI is InChI=1S/C20H21N5O3S.ClH/c1-29(26,27)25-16-5-2-13(3-6-16)10-19-23-20(28-24-19)14-4-7-18-17(11-14)15(8-9-21)12-22-18;/h2-7,11-12,22,25H,8-10,21H2,1H3;1H. The van der Waals surface area contributed by atoms with E-state index in [-0.39, 0.29) is 12.4 Å². The Morgan fingerprint density at radius 2 is 1.93 bits per heavy atom. The molecule has 0 unspecified atom stereocenters. The predicted octanol–water partition coefficient (Wildman–Crippen LogP) is 3.10. The van der Waals surface area contributed by atoms with Crippen LogP contribution >= 0.6 is 12.4 Å². The van der Waals surface area contributed by atoms with Crippen LogP contribution in [0.2, 0.25) is 0 Å². The first-order valence-electron chi connectivity index (χ1n) is 9.11. The highest BCUT2D eigenvalue weighted by Gasteiger charge is 2.12. The van der Waals surface area contributed by atoms with Gasteiger partial charge in [-0.15, -0.1) is 12.4 Å². The monoisotopic (exact) mass is 447 g/mol. The van der Waals surface area contributed by atoms with Gasteiger partial charge in [-0.25, -0.2) is 8.42 Å². The van der Waals surface area contributed by atoms with E-state index in [1.165, 1.54) is 0 Å². The van der Waals surface area contributed by atoms with Gasteiger partial charge in [0, 0.05) is 34.8 Å². The number of sulfonamides is 1. The zero-order valence-corrected chi connectivity index (χ0v) is 17.9. The number of nitrogens with two attached hydrogens (primary N) is 1. The molecular formula is C20H22ClN5O3S. The summed E-state index contributed by atoms with van der Waals surface area (Å²) >= 11 is 0. The van der Waals surface area contributed by atoms with Crippen molar-refractivity contribution >= 4 is 39.0 Å². The molecule has 0 aliphatic rings. The maximum atomic E-state index is 11.3. The maximum absolute atomic E-state index is 11.3. The molecule has 8 nitrogen and oxygen atoms in total. The molecular weight excluding hydrogens is 426 g/mol. The third-order valence-corrected chi connectivity index (χ3v) is 5.12. The number of rotatable bonds is 7. The van der Waals surface area contributed by atoms with Gasteiger partial charge in [0.25, 0.3) is 5.89 Å². The van der Waals surface area contributed by atoms with Crippen LogP contribution < -0.4 is 10.5 Å². The highest BCUT2D eigenvalue weighted by molar-refractivity contribution is 7.92. The summed E-state index contributed by atoms with van der Waals surface area (Å²) in [7, 11) is -3.29. The van der Waals surface area contributed by atoms with Crippen LogP contribution in [-0.2, 0) is 22.9 Å². The molecule has 0 amide bonds. The summed E-state index contributed by atoms with van der Waals surface area (Å²) in [6.07, 6.45) is 4.37. The largest absolute Gasteiger partial charge is 0.361 e.